The summed E-state index contributed by atoms with van der Waals surface area (Å²) in [4.78, 5) is 48.0. The van der Waals surface area contributed by atoms with Crippen LogP contribution in [0.2, 0.25) is 0 Å². The van der Waals surface area contributed by atoms with Crippen molar-refractivity contribution in [2.45, 2.75) is 78.7 Å². The van der Waals surface area contributed by atoms with Crippen molar-refractivity contribution >= 4 is 50.5 Å². The van der Waals surface area contributed by atoms with Gasteiger partial charge in [0, 0.05) is 20.1 Å². The zero-order valence-electron chi connectivity index (χ0n) is 23.4. The van der Waals surface area contributed by atoms with E-state index in [0.717, 1.165) is 10.4 Å². The average molecular weight is 535 g/mol. The Morgan fingerprint density at radius 1 is 1.00 bits per heavy atom. The van der Waals surface area contributed by atoms with Crippen molar-refractivity contribution in [3.8, 4) is 0 Å². The second-order valence-corrected chi connectivity index (χ2v) is 12.3. The summed E-state index contributed by atoms with van der Waals surface area (Å²) in [6.07, 6.45) is -0.877. The average Bonchev–Trinajstić information content (AvgIpc) is 3.19. The second kappa shape index (κ2) is 10.4. The van der Waals surface area contributed by atoms with Crippen LogP contribution in [0.5, 0.6) is 0 Å². The molecular formula is C26H38N4O6S. The lowest BCUT2D eigenvalue weighted by atomic mass is 10.1. The Hall–Kier alpha value is -3.08. The number of piperazine rings is 1. The molecule has 0 bridgehead atoms. The van der Waals surface area contributed by atoms with Crippen molar-refractivity contribution in [1.82, 2.24) is 9.88 Å². The number of benzene rings is 1. The molecule has 0 radical (unpaired) electrons. The molecule has 2 heterocycles. The Bertz CT molecular complexity index is 1170. The van der Waals surface area contributed by atoms with Crippen LogP contribution in [0.4, 0.5) is 20.4 Å². The zero-order valence-corrected chi connectivity index (χ0v) is 24.2. The molecule has 1 aromatic carbocycles. The highest BCUT2D eigenvalue weighted by molar-refractivity contribution is 7.23. The van der Waals surface area contributed by atoms with Crippen LogP contribution in [-0.4, -0.2) is 78.6 Å². The molecule has 2 amide bonds. The molecule has 0 saturated carbocycles. The molecule has 2 atom stereocenters. The third-order valence-electron chi connectivity index (χ3n) is 5.74. The third kappa shape index (κ3) is 6.44. The van der Waals surface area contributed by atoms with Crippen LogP contribution >= 0.6 is 11.3 Å². The number of carbonyl (C=O) groups is 3. The molecule has 10 nitrogen and oxygen atoms in total. The van der Waals surface area contributed by atoms with Gasteiger partial charge in [0.1, 0.15) is 16.7 Å². The maximum Gasteiger partial charge on any atom is 0.416 e. The Kier molecular flexibility index (Phi) is 7.97. The Morgan fingerprint density at radius 2 is 1.57 bits per heavy atom. The first-order valence-corrected chi connectivity index (χ1v) is 13.1. The monoisotopic (exact) mass is 534 g/mol. The summed E-state index contributed by atoms with van der Waals surface area (Å²) in [5.41, 5.74) is 0.392. The fraction of sp³-hybridized carbons (Fsp3) is 0.615. The standard InChI is InChI=1S/C26H38N4O6S/c1-15-13-29(14-16(2)30(15)24(33)36-26(6,7)8)18-12-11-17(21(31)34-10)19-20(18)37-22(27-19)28(9)23(32)35-25(3,4)5/h11-12,15-16H,13-14H2,1-10H3/t15-,16-/m0/s1. The van der Waals surface area contributed by atoms with Gasteiger partial charge in [-0.25, -0.2) is 19.4 Å². The highest BCUT2D eigenvalue weighted by Gasteiger charge is 2.37. The van der Waals surface area contributed by atoms with Gasteiger partial charge in [0.15, 0.2) is 5.13 Å². The number of amides is 2. The van der Waals surface area contributed by atoms with E-state index < -0.39 is 23.3 Å². The number of rotatable bonds is 3. The van der Waals surface area contributed by atoms with Crippen LogP contribution in [0.25, 0.3) is 10.2 Å². The first-order valence-electron chi connectivity index (χ1n) is 12.3. The number of hydrogen-bond acceptors (Lipinski definition) is 9. The van der Waals surface area contributed by atoms with Gasteiger partial charge in [-0.1, -0.05) is 11.3 Å². The van der Waals surface area contributed by atoms with Gasteiger partial charge >= 0.3 is 18.2 Å². The van der Waals surface area contributed by atoms with Crippen molar-refractivity contribution in [3.05, 3.63) is 17.7 Å². The number of fused-ring (bicyclic) bond motifs is 1. The SMILES string of the molecule is COC(=O)c1ccc(N2C[C@H](C)N(C(=O)OC(C)(C)C)[C@@H](C)C2)c2sc(N(C)C(=O)OC(C)(C)C)nc12. The summed E-state index contributed by atoms with van der Waals surface area (Å²) in [6, 6.07) is 3.32. The molecule has 0 N–H and O–H groups in total. The normalized spacial score (nSPS) is 18.5. The molecule has 37 heavy (non-hydrogen) atoms. The van der Waals surface area contributed by atoms with Crippen LogP contribution in [0.15, 0.2) is 12.1 Å². The molecular weight excluding hydrogens is 496 g/mol. The van der Waals surface area contributed by atoms with Gasteiger partial charge in [-0.15, -0.1) is 0 Å². The number of nitrogens with zero attached hydrogens (tertiary/aromatic N) is 4. The summed E-state index contributed by atoms with van der Waals surface area (Å²) in [7, 11) is 2.91. The molecule has 2 aromatic rings. The summed E-state index contributed by atoms with van der Waals surface area (Å²) < 4.78 is 16.8. The summed E-state index contributed by atoms with van der Waals surface area (Å²) in [5, 5.41) is 0.398. The van der Waals surface area contributed by atoms with Crippen LogP contribution in [0.1, 0.15) is 65.7 Å². The maximum absolute atomic E-state index is 12.9. The van der Waals surface area contributed by atoms with Gasteiger partial charge in [-0.05, 0) is 67.5 Å². The van der Waals surface area contributed by atoms with E-state index in [1.54, 1.807) is 38.8 Å². The number of aromatic nitrogens is 1. The Morgan fingerprint density at radius 3 is 2.08 bits per heavy atom. The second-order valence-electron chi connectivity index (χ2n) is 11.3. The van der Waals surface area contributed by atoms with E-state index >= 15 is 0 Å². The van der Waals surface area contributed by atoms with Gasteiger partial charge in [-0.2, -0.15) is 0 Å². The van der Waals surface area contributed by atoms with E-state index in [1.165, 1.54) is 23.3 Å². The maximum atomic E-state index is 12.9. The molecule has 1 saturated heterocycles. The minimum absolute atomic E-state index is 0.120. The quantitative estimate of drug-likeness (QED) is 0.387. The Labute approximate surface area is 222 Å². The van der Waals surface area contributed by atoms with E-state index in [2.05, 4.69) is 9.88 Å². The molecule has 3 rings (SSSR count). The molecule has 1 aliphatic heterocycles. The van der Waals surface area contributed by atoms with Crippen molar-refractivity contribution in [2.24, 2.45) is 0 Å². The number of thiazole rings is 1. The van der Waals surface area contributed by atoms with E-state index in [4.69, 9.17) is 14.2 Å². The number of carbonyl (C=O) groups excluding carboxylic acids is 3. The molecule has 0 spiro atoms. The van der Waals surface area contributed by atoms with Crippen LogP contribution in [-0.2, 0) is 14.2 Å². The summed E-state index contributed by atoms with van der Waals surface area (Å²) in [6.45, 7) is 16.0. The molecule has 11 heteroatoms. The van der Waals surface area contributed by atoms with E-state index in [9.17, 15) is 14.4 Å². The minimum Gasteiger partial charge on any atom is -0.465 e. The largest absolute Gasteiger partial charge is 0.465 e. The fourth-order valence-corrected chi connectivity index (χ4v) is 5.34. The van der Waals surface area contributed by atoms with Crippen LogP contribution in [0, 0.1) is 0 Å². The fourth-order valence-electron chi connectivity index (χ4n) is 4.25. The van der Waals surface area contributed by atoms with E-state index in [-0.39, 0.29) is 18.2 Å². The molecule has 0 aliphatic carbocycles. The first-order chi connectivity index (χ1) is 17.0. The van der Waals surface area contributed by atoms with Gasteiger partial charge < -0.3 is 19.1 Å². The van der Waals surface area contributed by atoms with E-state index in [1.807, 2.05) is 40.7 Å². The predicted molar refractivity (Wildman–Crippen MR) is 145 cm³/mol. The van der Waals surface area contributed by atoms with E-state index in [0.29, 0.717) is 29.3 Å². The first kappa shape index (κ1) is 28.5. The molecule has 204 valence electrons. The minimum atomic E-state index is -0.662. The Balaban J connectivity index is 1.99. The number of methoxy groups -OCH3 is 1. The highest BCUT2D eigenvalue weighted by atomic mass is 32.1. The lowest BCUT2D eigenvalue weighted by Gasteiger charge is -2.45. The number of anilines is 2. The predicted octanol–water partition coefficient (Wildman–Crippen LogP) is 5.29. The number of esters is 1. The highest BCUT2D eigenvalue weighted by Crippen LogP contribution is 2.39. The van der Waals surface area contributed by atoms with Crippen molar-refractivity contribution in [1.29, 1.82) is 0 Å². The summed E-state index contributed by atoms with van der Waals surface area (Å²) in [5.74, 6) is -0.509. The lowest BCUT2D eigenvalue weighted by molar-refractivity contribution is 0.00563. The van der Waals surface area contributed by atoms with Gasteiger partial charge in [-0.3, -0.25) is 9.80 Å². The molecule has 1 fully saturated rings. The lowest BCUT2D eigenvalue weighted by Crippen LogP contribution is -2.59. The number of hydrogen-bond donors (Lipinski definition) is 0. The van der Waals surface area contributed by atoms with Gasteiger partial charge in [0.25, 0.3) is 0 Å². The molecule has 1 aromatic heterocycles. The summed E-state index contributed by atoms with van der Waals surface area (Å²) >= 11 is 1.30. The van der Waals surface area contributed by atoms with Crippen molar-refractivity contribution < 1.29 is 28.6 Å². The van der Waals surface area contributed by atoms with Crippen LogP contribution in [0.3, 0.4) is 0 Å². The van der Waals surface area contributed by atoms with Crippen molar-refractivity contribution in [2.75, 3.05) is 37.0 Å². The zero-order chi connectivity index (χ0) is 27.9. The topological polar surface area (TPSA) is 102 Å². The number of ether oxygens (including phenoxy) is 3. The van der Waals surface area contributed by atoms with Crippen molar-refractivity contribution in [3.63, 3.8) is 0 Å². The van der Waals surface area contributed by atoms with Gasteiger partial charge in [0.05, 0.1) is 35.1 Å². The smallest absolute Gasteiger partial charge is 0.416 e. The molecule has 1 aliphatic rings. The third-order valence-corrected chi connectivity index (χ3v) is 6.89. The van der Waals surface area contributed by atoms with Gasteiger partial charge in [0.2, 0.25) is 0 Å². The van der Waals surface area contributed by atoms with Crippen LogP contribution < -0.4 is 9.80 Å². The molecule has 0 unspecified atom stereocenters.